The maximum absolute atomic E-state index is 10.7. The van der Waals surface area contributed by atoms with Gasteiger partial charge in [0.2, 0.25) is 0 Å². The lowest BCUT2D eigenvalue weighted by Crippen LogP contribution is -2.26. The van der Waals surface area contributed by atoms with Crippen LogP contribution in [0.2, 0.25) is 0 Å². The van der Waals surface area contributed by atoms with E-state index >= 15 is 0 Å². The molecule has 1 aromatic carbocycles. The van der Waals surface area contributed by atoms with E-state index in [0.717, 1.165) is 36.6 Å². The zero-order valence-electron chi connectivity index (χ0n) is 11.4. The lowest BCUT2D eigenvalue weighted by Gasteiger charge is -2.25. The Hall–Kier alpha value is -1.91. The van der Waals surface area contributed by atoms with Crippen LogP contribution in [-0.4, -0.2) is 44.9 Å². The molecule has 0 saturated heterocycles. The van der Waals surface area contributed by atoms with Crippen LogP contribution in [0.15, 0.2) is 18.2 Å². The number of fused-ring (bicyclic) bond motifs is 1. The zero-order chi connectivity index (χ0) is 13.8. The summed E-state index contributed by atoms with van der Waals surface area (Å²) in [6.45, 7) is 2.39. The van der Waals surface area contributed by atoms with E-state index in [9.17, 15) is 4.79 Å². The first kappa shape index (κ1) is 13.5. The largest absolute Gasteiger partial charge is 0.497 e. The summed E-state index contributed by atoms with van der Waals surface area (Å²) in [6, 6.07) is 5.94. The van der Waals surface area contributed by atoms with Crippen LogP contribution in [0, 0.1) is 0 Å². The van der Waals surface area contributed by atoms with Crippen LogP contribution in [-0.2, 0) is 4.79 Å². The third kappa shape index (κ3) is 3.10. The molecule has 0 aliphatic carbocycles. The molecular formula is C14H20N2O3. The first-order chi connectivity index (χ1) is 9.11. The van der Waals surface area contributed by atoms with Crippen molar-refractivity contribution in [3.05, 3.63) is 18.2 Å². The van der Waals surface area contributed by atoms with Gasteiger partial charge in [0.15, 0.2) is 0 Å². The number of hydrogen-bond donors (Lipinski definition) is 1. The van der Waals surface area contributed by atoms with E-state index < -0.39 is 5.97 Å². The summed E-state index contributed by atoms with van der Waals surface area (Å²) in [5.41, 5.74) is 2.18. The van der Waals surface area contributed by atoms with Gasteiger partial charge in [0.25, 0.3) is 0 Å². The maximum atomic E-state index is 10.7. The number of rotatable bonds is 4. The van der Waals surface area contributed by atoms with Crippen molar-refractivity contribution in [3.63, 3.8) is 0 Å². The zero-order valence-corrected chi connectivity index (χ0v) is 11.4. The fraction of sp³-hybridized carbons (Fsp3) is 0.500. The molecule has 1 aliphatic heterocycles. The molecule has 104 valence electrons. The first-order valence-corrected chi connectivity index (χ1v) is 6.47. The molecule has 0 bridgehead atoms. The number of hydrogen-bond acceptors (Lipinski definition) is 4. The minimum Gasteiger partial charge on any atom is -0.497 e. The van der Waals surface area contributed by atoms with Crippen molar-refractivity contribution in [2.24, 2.45) is 0 Å². The van der Waals surface area contributed by atoms with Gasteiger partial charge in [-0.1, -0.05) is 0 Å². The van der Waals surface area contributed by atoms with Crippen LogP contribution in [0.25, 0.3) is 0 Å². The summed E-state index contributed by atoms with van der Waals surface area (Å²) in [5.74, 6) is 0.0679. The van der Waals surface area contributed by atoms with Gasteiger partial charge < -0.3 is 19.6 Å². The molecule has 0 fully saturated rings. The standard InChI is InChI=1S/C14H20N2O3/c1-15-7-3-8-16(9-6-14(17)18)12-5-4-11(19-2)10-13(12)15/h4-5,10H,3,6-9H2,1-2H3,(H,17,18). The Morgan fingerprint density at radius 2 is 2.16 bits per heavy atom. The van der Waals surface area contributed by atoms with Gasteiger partial charge in [-0.25, -0.2) is 0 Å². The molecule has 0 saturated carbocycles. The van der Waals surface area contributed by atoms with Crippen molar-refractivity contribution in [2.45, 2.75) is 12.8 Å². The SMILES string of the molecule is COc1ccc2c(c1)N(C)CCCN2CCC(=O)O. The molecule has 5 nitrogen and oxygen atoms in total. The highest BCUT2D eigenvalue weighted by Gasteiger charge is 2.19. The molecule has 0 radical (unpaired) electrons. The number of carboxylic acid groups (broad SMARTS) is 1. The summed E-state index contributed by atoms with van der Waals surface area (Å²) in [7, 11) is 3.71. The van der Waals surface area contributed by atoms with Crippen molar-refractivity contribution in [1.82, 2.24) is 0 Å². The number of ether oxygens (including phenoxy) is 1. The molecule has 0 spiro atoms. The lowest BCUT2D eigenvalue weighted by atomic mass is 10.2. The number of benzene rings is 1. The Morgan fingerprint density at radius 1 is 1.37 bits per heavy atom. The molecule has 2 rings (SSSR count). The average molecular weight is 264 g/mol. The first-order valence-electron chi connectivity index (χ1n) is 6.47. The highest BCUT2D eigenvalue weighted by Crippen LogP contribution is 2.34. The van der Waals surface area contributed by atoms with Crippen molar-refractivity contribution < 1.29 is 14.6 Å². The second-order valence-electron chi connectivity index (χ2n) is 4.76. The van der Waals surface area contributed by atoms with Crippen molar-refractivity contribution in [3.8, 4) is 5.75 Å². The van der Waals surface area contributed by atoms with Crippen molar-refractivity contribution in [2.75, 3.05) is 43.6 Å². The number of anilines is 2. The number of nitrogens with zero attached hydrogens (tertiary/aromatic N) is 2. The van der Waals surface area contributed by atoms with E-state index in [-0.39, 0.29) is 6.42 Å². The van der Waals surface area contributed by atoms with Gasteiger partial charge in [0.1, 0.15) is 5.75 Å². The third-order valence-electron chi connectivity index (χ3n) is 3.45. The summed E-state index contributed by atoms with van der Waals surface area (Å²) in [6.07, 6.45) is 1.18. The Kier molecular flexibility index (Phi) is 4.14. The number of aliphatic carboxylic acids is 1. The molecule has 1 aliphatic rings. The van der Waals surface area contributed by atoms with Crippen LogP contribution >= 0.6 is 0 Å². The molecule has 0 amide bonds. The number of carboxylic acids is 1. The molecule has 1 heterocycles. The Morgan fingerprint density at radius 3 is 2.84 bits per heavy atom. The van der Waals surface area contributed by atoms with E-state index in [1.54, 1.807) is 7.11 Å². The number of methoxy groups -OCH3 is 1. The maximum Gasteiger partial charge on any atom is 0.305 e. The van der Waals surface area contributed by atoms with Crippen LogP contribution in [0.1, 0.15) is 12.8 Å². The van der Waals surface area contributed by atoms with E-state index in [4.69, 9.17) is 9.84 Å². The number of carbonyl (C=O) groups is 1. The van der Waals surface area contributed by atoms with Crippen LogP contribution in [0.3, 0.4) is 0 Å². The fourth-order valence-electron chi connectivity index (χ4n) is 2.41. The smallest absolute Gasteiger partial charge is 0.305 e. The van der Waals surface area contributed by atoms with Gasteiger partial charge >= 0.3 is 5.97 Å². The van der Waals surface area contributed by atoms with Crippen LogP contribution < -0.4 is 14.5 Å². The third-order valence-corrected chi connectivity index (χ3v) is 3.45. The van der Waals surface area contributed by atoms with Gasteiger partial charge in [-0.3, -0.25) is 4.79 Å². The predicted octanol–water partition coefficient (Wildman–Crippen LogP) is 1.82. The minimum absolute atomic E-state index is 0.162. The summed E-state index contributed by atoms with van der Waals surface area (Å²) in [4.78, 5) is 15.1. The quantitative estimate of drug-likeness (QED) is 0.899. The van der Waals surface area contributed by atoms with Crippen LogP contribution in [0.5, 0.6) is 5.75 Å². The second-order valence-corrected chi connectivity index (χ2v) is 4.76. The van der Waals surface area contributed by atoms with Gasteiger partial charge in [0.05, 0.1) is 24.9 Å². The summed E-state index contributed by atoms with van der Waals surface area (Å²) < 4.78 is 5.26. The summed E-state index contributed by atoms with van der Waals surface area (Å²) >= 11 is 0. The van der Waals surface area contributed by atoms with Gasteiger partial charge in [-0.2, -0.15) is 0 Å². The molecule has 0 unspecified atom stereocenters. The summed E-state index contributed by atoms with van der Waals surface area (Å²) in [5, 5.41) is 8.84. The molecule has 19 heavy (non-hydrogen) atoms. The molecule has 1 N–H and O–H groups in total. The Balaban J connectivity index is 2.29. The van der Waals surface area contributed by atoms with Crippen LogP contribution in [0.4, 0.5) is 11.4 Å². The lowest BCUT2D eigenvalue weighted by molar-refractivity contribution is -0.136. The van der Waals surface area contributed by atoms with Gasteiger partial charge in [-0.15, -0.1) is 0 Å². The predicted molar refractivity (Wildman–Crippen MR) is 75.3 cm³/mol. The highest BCUT2D eigenvalue weighted by atomic mass is 16.5. The van der Waals surface area contributed by atoms with E-state index in [0.29, 0.717) is 6.54 Å². The van der Waals surface area contributed by atoms with Gasteiger partial charge in [-0.05, 0) is 18.6 Å². The highest BCUT2D eigenvalue weighted by molar-refractivity contribution is 5.75. The molecule has 0 aromatic heterocycles. The molecule has 0 atom stereocenters. The van der Waals surface area contributed by atoms with E-state index in [1.165, 1.54) is 0 Å². The monoisotopic (exact) mass is 264 g/mol. The van der Waals surface area contributed by atoms with Crippen molar-refractivity contribution in [1.29, 1.82) is 0 Å². The minimum atomic E-state index is -0.757. The van der Waals surface area contributed by atoms with Gasteiger partial charge in [0, 0.05) is 32.7 Å². The molecular weight excluding hydrogens is 244 g/mol. The van der Waals surface area contributed by atoms with E-state index in [2.05, 4.69) is 16.8 Å². The van der Waals surface area contributed by atoms with Crippen molar-refractivity contribution >= 4 is 17.3 Å². The topological polar surface area (TPSA) is 53.0 Å². The molecule has 5 heteroatoms. The Bertz CT molecular complexity index is 462. The molecule has 1 aromatic rings. The average Bonchev–Trinajstić information content (AvgIpc) is 2.56. The van der Waals surface area contributed by atoms with E-state index in [1.807, 2.05) is 18.2 Å². The second kappa shape index (κ2) is 5.82. The Labute approximate surface area is 113 Å². The fourth-order valence-corrected chi connectivity index (χ4v) is 2.41. The normalized spacial score (nSPS) is 14.8.